The Kier molecular flexibility index (Phi) is 5.98. The van der Waals surface area contributed by atoms with Crippen LogP contribution in [0.2, 0.25) is 0 Å². The first-order chi connectivity index (χ1) is 14.0. The minimum atomic E-state index is -0.689. The Balaban J connectivity index is 1.75. The van der Waals surface area contributed by atoms with E-state index in [0.717, 1.165) is 11.6 Å². The Morgan fingerprint density at radius 1 is 1.17 bits per heavy atom. The van der Waals surface area contributed by atoms with Crippen molar-refractivity contribution in [1.29, 1.82) is 0 Å². The summed E-state index contributed by atoms with van der Waals surface area (Å²) in [6.45, 7) is 0.296. The van der Waals surface area contributed by atoms with Gasteiger partial charge in [0.25, 0.3) is 5.69 Å². The summed E-state index contributed by atoms with van der Waals surface area (Å²) in [5.41, 5.74) is 1.01. The maximum atomic E-state index is 13.0. The zero-order chi connectivity index (χ0) is 20.8. The largest absolute Gasteiger partial charge is 0.465 e. The van der Waals surface area contributed by atoms with Crippen LogP contribution >= 0.6 is 0 Å². The summed E-state index contributed by atoms with van der Waals surface area (Å²) in [4.78, 5) is 26.4. The van der Waals surface area contributed by atoms with E-state index in [1.165, 1.54) is 43.5 Å². The number of carbonyl (C=O) groups excluding carboxylic acids is 1. The number of hydrogen-bond donors (Lipinski definition) is 1. The highest BCUT2D eigenvalue weighted by molar-refractivity contribution is 5.96. The van der Waals surface area contributed by atoms with Gasteiger partial charge in [0, 0.05) is 36.6 Å². The van der Waals surface area contributed by atoms with E-state index < -0.39 is 10.9 Å². The van der Waals surface area contributed by atoms with E-state index >= 15 is 0 Å². The number of nitrogens with zero attached hydrogens (tertiary/aromatic N) is 2. The number of aromatic nitrogens is 1. The molecule has 0 bridgehead atoms. The number of benzene rings is 2. The van der Waals surface area contributed by atoms with Gasteiger partial charge in [-0.2, -0.15) is 0 Å². The van der Waals surface area contributed by atoms with Crippen LogP contribution in [0.15, 0.2) is 60.8 Å². The number of nitro groups is 1. The second-order valence-corrected chi connectivity index (χ2v) is 5.89. The van der Waals surface area contributed by atoms with Gasteiger partial charge in [0.15, 0.2) is 0 Å². The smallest absolute Gasteiger partial charge is 0.340 e. The van der Waals surface area contributed by atoms with Gasteiger partial charge in [0.2, 0.25) is 5.88 Å². The van der Waals surface area contributed by atoms with Crippen molar-refractivity contribution in [3.05, 3.63) is 87.9 Å². The second kappa shape index (κ2) is 8.79. The van der Waals surface area contributed by atoms with Crippen LogP contribution in [0.3, 0.4) is 0 Å². The van der Waals surface area contributed by atoms with E-state index in [1.54, 1.807) is 18.3 Å². The van der Waals surface area contributed by atoms with Gasteiger partial charge in [-0.05, 0) is 42.0 Å². The summed E-state index contributed by atoms with van der Waals surface area (Å²) in [6.07, 6.45) is 1.55. The third-order valence-electron chi connectivity index (χ3n) is 3.94. The number of pyridine rings is 1. The number of anilines is 1. The summed E-state index contributed by atoms with van der Waals surface area (Å²) in [7, 11) is 1.20. The molecule has 0 radical (unpaired) electrons. The average molecular weight is 397 g/mol. The summed E-state index contributed by atoms with van der Waals surface area (Å²) < 4.78 is 23.3. The monoisotopic (exact) mass is 397 g/mol. The standard InChI is InChI=1S/C20H16FN3O5/c1-28-20(25)17-11-15(24(26)27)4-7-18(17)23-12-13-8-9-22-19(10-13)29-16-5-2-14(21)3-6-16/h2-11,23H,12H2,1H3. The fourth-order valence-electron chi connectivity index (χ4n) is 2.52. The molecule has 0 unspecified atom stereocenters. The number of esters is 1. The van der Waals surface area contributed by atoms with Crippen LogP contribution in [-0.2, 0) is 11.3 Å². The molecule has 0 atom stereocenters. The minimum Gasteiger partial charge on any atom is -0.465 e. The molecule has 0 amide bonds. The van der Waals surface area contributed by atoms with Crippen LogP contribution in [0.4, 0.5) is 15.8 Å². The lowest BCUT2D eigenvalue weighted by atomic mass is 10.1. The van der Waals surface area contributed by atoms with Gasteiger partial charge >= 0.3 is 5.97 Å². The van der Waals surface area contributed by atoms with E-state index in [9.17, 15) is 19.3 Å². The topological polar surface area (TPSA) is 104 Å². The van der Waals surface area contributed by atoms with Crippen molar-refractivity contribution in [2.24, 2.45) is 0 Å². The fourth-order valence-corrected chi connectivity index (χ4v) is 2.52. The van der Waals surface area contributed by atoms with E-state index in [4.69, 9.17) is 9.47 Å². The Morgan fingerprint density at radius 3 is 2.62 bits per heavy atom. The summed E-state index contributed by atoms with van der Waals surface area (Å²) in [5, 5.41) is 14.0. The second-order valence-electron chi connectivity index (χ2n) is 5.89. The van der Waals surface area contributed by atoms with Gasteiger partial charge in [0.1, 0.15) is 11.6 Å². The molecule has 1 N–H and O–H groups in total. The van der Waals surface area contributed by atoms with Crippen LogP contribution in [0, 0.1) is 15.9 Å². The highest BCUT2D eigenvalue weighted by Gasteiger charge is 2.17. The highest BCUT2D eigenvalue weighted by atomic mass is 19.1. The SMILES string of the molecule is COC(=O)c1cc([N+](=O)[O-])ccc1NCc1ccnc(Oc2ccc(F)cc2)c1. The van der Waals surface area contributed by atoms with Crippen molar-refractivity contribution < 1.29 is 23.6 Å². The highest BCUT2D eigenvalue weighted by Crippen LogP contribution is 2.24. The molecule has 9 heteroatoms. The van der Waals surface area contributed by atoms with Crippen molar-refractivity contribution in [2.75, 3.05) is 12.4 Å². The Hall–Kier alpha value is -4.01. The molecule has 3 aromatic rings. The lowest BCUT2D eigenvalue weighted by molar-refractivity contribution is -0.384. The number of nitro benzene ring substituents is 1. The predicted molar refractivity (Wildman–Crippen MR) is 102 cm³/mol. The number of hydrogen-bond acceptors (Lipinski definition) is 7. The van der Waals surface area contributed by atoms with Gasteiger partial charge in [-0.3, -0.25) is 10.1 Å². The van der Waals surface area contributed by atoms with E-state index in [2.05, 4.69) is 10.3 Å². The first-order valence-electron chi connectivity index (χ1n) is 8.45. The third-order valence-corrected chi connectivity index (χ3v) is 3.94. The van der Waals surface area contributed by atoms with E-state index in [-0.39, 0.29) is 17.1 Å². The van der Waals surface area contributed by atoms with Crippen LogP contribution in [0.5, 0.6) is 11.6 Å². The molecule has 148 valence electrons. The van der Waals surface area contributed by atoms with Gasteiger partial charge in [0.05, 0.1) is 17.6 Å². The molecule has 0 saturated carbocycles. The van der Waals surface area contributed by atoms with Gasteiger partial charge < -0.3 is 14.8 Å². The number of nitrogens with one attached hydrogen (secondary N) is 1. The van der Waals surface area contributed by atoms with Crippen LogP contribution in [0.25, 0.3) is 0 Å². The molecule has 8 nitrogen and oxygen atoms in total. The van der Waals surface area contributed by atoms with E-state index in [1.807, 2.05) is 0 Å². The van der Waals surface area contributed by atoms with Gasteiger partial charge in [-0.1, -0.05) is 0 Å². The molecule has 3 rings (SSSR count). The Bertz CT molecular complexity index is 1040. The first kappa shape index (κ1) is 19.7. The number of methoxy groups -OCH3 is 1. The van der Waals surface area contributed by atoms with Crippen LogP contribution in [-0.4, -0.2) is 23.0 Å². The molecular weight excluding hydrogens is 381 g/mol. The first-order valence-corrected chi connectivity index (χ1v) is 8.45. The summed E-state index contributed by atoms with van der Waals surface area (Å²) >= 11 is 0. The normalized spacial score (nSPS) is 10.3. The Morgan fingerprint density at radius 2 is 1.93 bits per heavy atom. The molecule has 0 aliphatic heterocycles. The molecule has 0 spiro atoms. The van der Waals surface area contributed by atoms with Crippen molar-refractivity contribution >= 4 is 17.3 Å². The minimum absolute atomic E-state index is 0.0542. The van der Waals surface area contributed by atoms with Crippen LogP contribution < -0.4 is 10.1 Å². The molecule has 0 aliphatic carbocycles. The molecule has 2 aromatic carbocycles. The molecular formula is C20H16FN3O5. The average Bonchev–Trinajstić information content (AvgIpc) is 2.73. The fraction of sp³-hybridized carbons (Fsp3) is 0.100. The molecule has 0 aliphatic rings. The molecule has 1 aromatic heterocycles. The molecule has 0 fully saturated rings. The molecule has 0 saturated heterocycles. The maximum Gasteiger partial charge on any atom is 0.340 e. The molecule has 1 heterocycles. The lowest BCUT2D eigenvalue weighted by Gasteiger charge is -2.11. The number of carbonyl (C=O) groups is 1. The quantitative estimate of drug-likeness (QED) is 0.360. The number of ether oxygens (including phenoxy) is 2. The summed E-state index contributed by atoms with van der Waals surface area (Å²) in [5.74, 6) is -0.306. The van der Waals surface area contributed by atoms with Gasteiger partial charge in [-0.15, -0.1) is 0 Å². The molecule has 29 heavy (non-hydrogen) atoms. The Labute approximate surface area is 165 Å². The van der Waals surface area contributed by atoms with Crippen molar-refractivity contribution in [1.82, 2.24) is 4.98 Å². The zero-order valence-corrected chi connectivity index (χ0v) is 15.3. The van der Waals surface area contributed by atoms with E-state index in [0.29, 0.717) is 23.9 Å². The number of non-ortho nitro benzene ring substituents is 1. The van der Waals surface area contributed by atoms with Crippen molar-refractivity contribution in [3.8, 4) is 11.6 Å². The maximum absolute atomic E-state index is 13.0. The number of rotatable bonds is 7. The lowest BCUT2D eigenvalue weighted by Crippen LogP contribution is -2.09. The van der Waals surface area contributed by atoms with Crippen molar-refractivity contribution in [3.63, 3.8) is 0 Å². The number of halogens is 1. The predicted octanol–water partition coefficient (Wildman–Crippen LogP) is 4.32. The van der Waals surface area contributed by atoms with Crippen LogP contribution in [0.1, 0.15) is 15.9 Å². The summed E-state index contributed by atoms with van der Waals surface area (Å²) in [6, 6.07) is 12.9. The zero-order valence-electron chi connectivity index (χ0n) is 15.3. The van der Waals surface area contributed by atoms with Gasteiger partial charge in [-0.25, -0.2) is 14.2 Å². The van der Waals surface area contributed by atoms with Crippen molar-refractivity contribution in [2.45, 2.75) is 6.54 Å². The third kappa shape index (κ3) is 5.04.